The van der Waals surface area contributed by atoms with E-state index in [0.29, 0.717) is 104 Å². The van der Waals surface area contributed by atoms with Gasteiger partial charge < -0.3 is 28.9 Å². The van der Waals surface area contributed by atoms with E-state index in [2.05, 4.69) is 175 Å². The Balaban J connectivity index is 1.25. The van der Waals surface area contributed by atoms with Gasteiger partial charge in [-0.3, -0.25) is 19.2 Å². The van der Waals surface area contributed by atoms with E-state index < -0.39 is 0 Å². The molecule has 9 heterocycles. The minimum atomic E-state index is -0.181. The highest BCUT2D eigenvalue weighted by Crippen LogP contribution is 2.38. The van der Waals surface area contributed by atoms with Crippen LogP contribution in [0.5, 0.6) is 0 Å². The first-order valence-corrected chi connectivity index (χ1v) is 29.9. The third kappa shape index (κ3) is 15.8. The molecule has 0 saturated heterocycles. The van der Waals surface area contributed by atoms with Gasteiger partial charge in [0.25, 0.3) is 0 Å². The van der Waals surface area contributed by atoms with Crippen molar-refractivity contribution in [1.29, 1.82) is 0 Å². The van der Waals surface area contributed by atoms with Gasteiger partial charge in [0.1, 0.15) is 26.2 Å². The highest BCUT2D eigenvalue weighted by atomic mass is 16.5. The zero-order valence-electron chi connectivity index (χ0n) is 48.9. The second kappa shape index (κ2) is 29.9. The first-order chi connectivity index (χ1) is 41.1. The van der Waals surface area contributed by atoms with Gasteiger partial charge in [-0.15, -0.1) is 0 Å². The van der Waals surface area contributed by atoms with Crippen LogP contribution in [-0.2, 0) is 64.3 Å². The van der Waals surface area contributed by atoms with E-state index in [0.717, 1.165) is 115 Å². The molecule has 0 atom stereocenters. The van der Waals surface area contributed by atoms with Crippen molar-refractivity contribution in [2.45, 2.75) is 131 Å². The van der Waals surface area contributed by atoms with Crippen LogP contribution >= 0.6 is 0 Å². The number of unbranched alkanes of at least 4 members (excludes halogenated alkanes) is 4. The van der Waals surface area contributed by atoms with Gasteiger partial charge in [0.2, 0.25) is 0 Å². The van der Waals surface area contributed by atoms with Crippen molar-refractivity contribution < 1.29 is 56.4 Å². The van der Waals surface area contributed by atoms with Crippen molar-refractivity contribution in [3.05, 3.63) is 145 Å². The molecule has 0 radical (unpaired) electrons. The predicted octanol–water partition coefficient (Wildman–Crippen LogP) is 11.4. The number of hydrogen-bond acceptors (Lipinski definition) is 10. The summed E-state index contributed by atoms with van der Waals surface area (Å²) in [5, 5.41) is 0. The molecular weight excluding hydrogens is 1060 g/mol. The molecule has 2 aliphatic rings. The number of nitrogens with one attached hydrogen (secondary N) is 2. The number of aromatic nitrogens is 8. The number of hydrogen-bond donors (Lipinski definition) is 2. The zero-order valence-corrected chi connectivity index (χ0v) is 48.9. The number of aryl methyl sites for hydroxylation is 4. The second-order valence-electron chi connectivity index (χ2n) is 20.9. The Labute approximate surface area is 491 Å². The number of nitrogens with zero attached hydrogens (tertiary/aromatic N) is 6. The molecule has 434 valence electrons. The summed E-state index contributed by atoms with van der Waals surface area (Å²) in [7, 11) is 0. The molecule has 84 heavy (non-hydrogen) atoms. The van der Waals surface area contributed by atoms with Crippen LogP contribution in [0.2, 0.25) is 0 Å². The average molecular weight is 1140 g/mol. The maximum Gasteiger partial charge on any atom is 0.305 e. The molecule has 9 rings (SSSR count). The summed E-state index contributed by atoms with van der Waals surface area (Å²) in [5.41, 5.74) is 14.0. The summed E-state index contributed by atoms with van der Waals surface area (Å²) in [6.45, 7) is 11.6. The van der Waals surface area contributed by atoms with E-state index in [1.165, 1.54) is 0 Å². The van der Waals surface area contributed by atoms with Crippen molar-refractivity contribution in [3.8, 4) is 44.5 Å². The Hall–Kier alpha value is -8.92. The number of carbonyl (C=O) groups excluding carboxylic acids is 4. The van der Waals surface area contributed by atoms with Crippen LogP contribution in [0.15, 0.2) is 122 Å². The van der Waals surface area contributed by atoms with Gasteiger partial charge in [0.15, 0.2) is 49.6 Å². The first-order valence-electron chi connectivity index (χ1n) is 29.9. The largest absolute Gasteiger partial charge is 0.466 e. The Morgan fingerprint density at radius 1 is 0.357 bits per heavy atom. The topological polar surface area (TPSA) is 178 Å². The van der Waals surface area contributed by atoms with Crippen molar-refractivity contribution in [2.24, 2.45) is 0 Å². The van der Waals surface area contributed by atoms with Gasteiger partial charge in [-0.05, 0) is 126 Å². The van der Waals surface area contributed by atoms with Crippen LogP contribution in [0, 0.1) is 0 Å². The van der Waals surface area contributed by atoms with Crippen LogP contribution in [0.25, 0.3) is 90.9 Å². The molecule has 0 amide bonds. The Morgan fingerprint density at radius 2 is 0.619 bits per heavy atom. The molecule has 0 fully saturated rings. The van der Waals surface area contributed by atoms with Gasteiger partial charge in [-0.25, -0.2) is 28.2 Å². The SMILES string of the molecule is CCOC(=O)CCCC[n+]1cccc(-c2c3nc(c(-c4ccc[n+](CCCCC(=O)OCC)c4)c4ccc([nH]4)c(-c4ccc[n+](CCCCC(=O)OCC)c4)c4ccc([nH]4)c(-c4ccc[n+](CCCCC(=O)OCC)c4)c4nc2C=C4)C=C3)c1. The normalized spacial score (nSPS) is 11.7. The lowest BCUT2D eigenvalue weighted by atomic mass is 10.0. The van der Waals surface area contributed by atoms with E-state index in [4.69, 9.17) is 28.9 Å². The van der Waals surface area contributed by atoms with Gasteiger partial charge in [0, 0.05) is 137 Å². The summed E-state index contributed by atoms with van der Waals surface area (Å²) in [6.07, 6.45) is 32.7. The van der Waals surface area contributed by atoms with Gasteiger partial charge in [-0.1, -0.05) is 0 Å². The van der Waals surface area contributed by atoms with Crippen LogP contribution in [0.1, 0.15) is 128 Å². The average Bonchev–Trinajstić information content (AvgIpc) is 4.43. The summed E-state index contributed by atoms with van der Waals surface area (Å²) >= 11 is 0. The monoisotopic (exact) mass is 1130 g/mol. The molecule has 0 aliphatic carbocycles. The van der Waals surface area contributed by atoms with E-state index in [-0.39, 0.29) is 23.9 Å². The van der Waals surface area contributed by atoms with E-state index >= 15 is 0 Å². The fourth-order valence-electron chi connectivity index (χ4n) is 10.8. The molecule has 16 nitrogen and oxygen atoms in total. The number of esters is 4. The smallest absolute Gasteiger partial charge is 0.305 e. The van der Waals surface area contributed by atoms with Gasteiger partial charge in [0.05, 0.1) is 54.8 Å². The Kier molecular flexibility index (Phi) is 21.2. The molecule has 7 aromatic heterocycles. The second-order valence-corrected chi connectivity index (χ2v) is 20.9. The van der Waals surface area contributed by atoms with Crippen molar-refractivity contribution in [3.63, 3.8) is 0 Å². The summed E-state index contributed by atoms with van der Waals surface area (Å²) in [5.74, 6) is -0.715. The minimum Gasteiger partial charge on any atom is -0.466 e. The number of fused-ring (bicyclic) bond motifs is 8. The van der Waals surface area contributed by atoms with E-state index in [1.54, 1.807) is 0 Å². The Bertz CT molecular complexity index is 3540. The number of ether oxygens (including phenoxy) is 4. The zero-order chi connectivity index (χ0) is 58.6. The highest BCUT2D eigenvalue weighted by Gasteiger charge is 2.23. The quantitative estimate of drug-likeness (QED) is 0.0208. The van der Waals surface area contributed by atoms with Crippen molar-refractivity contribution >= 4 is 70.2 Å². The molecule has 2 N–H and O–H groups in total. The van der Waals surface area contributed by atoms with Gasteiger partial charge >= 0.3 is 23.9 Å². The molecule has 0 aromatic carbocycles. The fraction of sp³-hybridized carbons (Fsp3) is 0.353. The predicted molar refractivity (Wildman–Crippen MR) is 323 cm³/mol. The summed E-state index contributed by atoms with van der Waals surface area (Å²) in [4.78, 5) is 67.9. The maximum atomic E-state index is 12.2. The van der Waals surface area contributed by atoms with E-state index in [9.17, 15) is 19.2 Å². The lowest BCUT2D eigenvalue weighted by Gasteiger charge is -2.07. The minimum absolute atomic E-state index is 0.177. The molecule has 8 bridgehead atoms. The first kappa shape index (κ1) is 59.7. The van der Waals surface area contributed by atoms with Crippen LogP contribution in [0.3, 0.4) is 0 Å². The highest BCUT2D eigenvalue weighted by molar-refractivity contribution is 6.00. The van der Waals surface area contributed by atoms with Crippen molar-refractivity contribution in [2.75, 3.05) is 26.4 Å². The number of H-pyrrole nitrogens is 2. The van der Waals surface area contributed by atoms with Crippen LogP contribution < -0.4 is 18.3 Å². The molecule has 0 unspecified atom stereocenters. The summed E-state index contributed by atoms with van der Waals surface area (Å²) < 4.78 is 29.5. The lowest BCUT2D eigenvalue weighted by molar-refractivity contribution is -0.697. The fourth-order valence-corrected chi connectivity index (χ4v) is 10.8. The molecule has 2 aliphatic heterocycles. The number of carbonyl (C=O) groups is 4. The molecular formula is C68H78N8O8+4. The molecule has 0 saturated carbocycles. The van der Waals surface area contributed by atoms with Crippen LogP contribution in [-0.4, -0.2) is 70.2 Å². The number of pyridine rings is 4. The molecule has 0 spiro atoms. The van der Waals surface area contributed by atoms with Gasteiger partial charge in [-0.2, -0.15) is 0 Å². The van der Waals surface area contributed by atoms with Crippen molar-refractivity contribution in [1.82, 2.24) is 19.9 Å². The maximum absolute atomic E-state index is 12.2. The number of aromatic amines is 2. The third-order valence-corrected chi connectivity index (χ3v) is 14.8. The van der Waals surface area contributed by atoms with Crippen LogP contribution in [0.4, 0.5) is 0 Å². The Morgan fingerprint density at radius 3 is 0.917 bits per heavy atom. The third-order valence-electron chi connectivity index (χ3n) is 14.8. The standard InChI is InChI=1S/C68H78N8O8/c1-5-81-61(77)25-9-13-37-73-41-17-21-49(45-73)65-53-29-31-55(69-53)66(50-22-18-42-74(46-50)38-14-10-26-62(78)82-6-2)57-33-35-59(71-57)68(52-24-20-44-76(48-52)40-16-12-28-64(80)84-8-4)60-36-34-58(72-60)67(56-32-30-54(65)70-56)51-23-19-43-75(47-51)39-15-11-27-63(79)83-7-3/h17-24,29-36,41-48,69-70H,5-16,25-28,37-40H2,1-4H3/q+4. The lowest BCUT2D eigenvalue weighted by Crippen LogP contribution is -2.33. The number of rotatable bonds is 28. The summed E-state index contributed by atoms with van der Waals surface area (Å²) in [6, 6.07) is 25.3. The molecule has 16 heteroatoms. The molecule has 7 aromatic rings. The van der Waals surface area contributed by atoms with E-state index in [1.807, 2.05) is 27.7 Å².